The molecule has 0 aliphatic carbocycles. The maximum absolute atomic E-state index is 11.0. The van der Waals surface area contributed by atoms with Crippen molar-refractivity contribution in [3.8, 4) is 5.75 Å². The van der Waals surface area contributed by atoms with Gasteiger partial charge in [0.1, 0.15) is 5.75 Å². The normalized spacial score (nSPS) is 16.8. The number of aromatic carboxylic acids is 1. The van der Waals surface area contributed by atoms with Crippen LogP contribution < -0.4 is 4.74 Å². The number of thioether (sulfide) groups is 1. The molecule has 0 unspecified atom stereocenters. The van der Waals surface area contributed by atoms with E-state index in [0.717, 1.165) is 10.6 Å². The van der Waals surface area contributed by atoms with Crippen LogP contribution in [0.1, 0.15) is 38.1 Å². The van der Waals surface area contributed by atoms with Crippen molar-refractivity contribution in [3.05, 3.63) is 23.8 Å². The topological polar surface area (TPSA) is 46.5 Å². The Morgan fingerprint density at radius 3 is 2.39 bits per heavy atom. The Balaban J connectivity index is 2.39. The largest absolute Gasteiger partial charge is 0.478 e. The highest BCUT2D eigenvalue weighted by Gasteiger charge is 2.46. The number of hydrogen-bond donors (Lipinski definition) is 1. The van der Waals surface area contributed by atoms with Crippen LogP contribution in [-0.4, -0.2) is 16.0 Å². The van der Waals surface area contributed by atoms with Crippen molar-refractivity contribution in [3.63, 3.8) is 0 Å². The minimum atomic E-state index is -0.898. The third kappa shape index (κ3) is 1.99. The molecule has 1 aromatic carbocycles. The molecule has 1 aromatic rings. The second-order valence-electron chi connectivity index (χ2n) is 5.20. The van der Waals surface area contributed by atoms with Crippen LogP contribution in [0, 0.1) is 11.8 Å². The van der Waals surface area contributed by atoms with E-state index in [9.17, 15) is 4.79 Å². The molecule has 0 amide bonds. The quantitative estimate of drug-likeness (QED) is 0.902. The van der Waals surface area contributed by atoms with Crippen molar-refractivity contribution >= 4 is 17.7 Å². The molecule has 0 fully saturated rings. The highest BCUT2D eigenvalue weighted by Crippen LogP contribution is 2.54. The highest BCUT2D eigenvalue weighted by molar-refractivity contribution is 8.01. The summed E-state index contributed by atoms with van der Waals surface area (Å²) in [7, 11) is 0. The van der Waals surface area contributed by atoms with E-state index in [4.69, 9.17) is 9.84 Å². The predicted octanol–water partition coefficient (Wildman–Crippen LogP) is 3.88. The van der Waals surface area contributed by atoms with Crippen molar-refractivity contribution in [2.75, 3.05) is 0 Å². The summed E-state index contributed by atoms with van der Waals surface area (Å²) in [6.45, 7) is 8.54. The molecule has 0 radical (unpaired) electrons. The van der Waals surface area contributed by atoms with Crippen molar-refractivity contribution in [2.45, 2.75) is 37.5 Å². The Bertz CT molecular complexity index is 472. The van der Waals surface area contributed by atoms with E-state index in [1.54, 1.807) is 30.0 Å². The van der Waals surface area contributed by atoms with Gasteiger partial charge in [-0.25, -0.2) is 4.79 Å². The monoisotopic (exact) mass is 266 g/mol. The molecule has 4 heteroatoms. The molecule has 0 atom stereocenters. The summed E-state index contributed by atoms with van der Waals surface area (Å²) in [5, 5.41) is 9.01. The van der Waals surface area contributed by atoms with E-state index in [2.05, 4.69) is 27.7 Å². The zero-order valence-corrected chi connectivity index (χ0v) is 11.9. The van der Waals surface area contributed by atoms with Crippen molar-refractivity contribution < 1.29 is 14.6 Å². The molecular formula is C14H18O3S. The van der Waals surface area contributed by atoms with Crippen LogP contribution in [0.4, 0.5) is 0 Å². The number of carboxylic acid groups (broad SMARTS) is 1. The van der Waals surface area contributed by atoms with E-state index in [1.165, 1.54) is 0 Å². The lowest BCUT2D eigenvalue weighted by atomic mass is 9.95. The summed E-state index contributed by atoms with van der Waals surface area (Å²) in [5.74, 6) is 0.601. The van der Waals surface area contributed by atoms with E-state index < -0.39 is 5.97 Å². The number of hydrogen-bond acceptors (Lipinski definition) is 3. The fourth-order valence-electron chi connectivity index (χ4n) is 2.31. The summed E-state index contributed by atoms with van der Waals surface area (Å²) in [4.78, 5) is 11.6. The minimum Gasteiger partial charge on any atom is -0.478 e. The van der Waals surface area contributed by atoms with E-state index in [0.29, 0.717) is 17.4 Å². The van der Waals surface area contributed by atoms with Gasteiger partial charge in [-0.15, -0.1) is 0 Å². The molecule has 0 aromatic heterocycles. The van der Waals surface area contributed by atoms with Gasteiger partial charge >= 0.3 is 5.97 Å². The summed E-state index contributed by atoms with van der Waals surface area (Å²) in [5.41, 5.74) is 0.313. The first-order valence-corrected chi connectivity index (χ1v) is 6.94. The van der Waals surface area contributed by atoms with Crippen molar-refractivity contribution in [1.82, 2.24) is 0 Å². The molecule has 1 heterocycles. The van der Waals surface area contributed by atoms with Gasteiger partial charge in [0.05, 0.1) is 10.5 Å². The predicted molar refractivity (Wildman–Crippen MR) is 72.3 cm³/mol. The third-order valence-corrected chi connectivity index (χ3v) is 5.22. The van der Waals surface area contributed by atoms with Crippen LogP contribution in [0.2, 0.25) is 0 Å². The molecule has 0 spiro atoms. The van der Waals surface area contributed by atoms with Gasteiger partial charge in [0.15, 0.2) is 4.93 Å². The molecular weight excluding hydrogens is 248 g/mol. The molecule has 0 bridgehead atoms. The average Bonchev–Trinajstić information content (AvgIpc) is 2.68. The Hall–Kier alpha value is -1.16. The van der Waals surface area contributed by atoms with E-state index in [1.807, 2.05) is 0 Å². The van der Waals surface area contributed by atoms with Gasteiger partial charge in [-0.3, -0.25) is 0 Å². The first-order chi connectivity index (χ1) is 8.36. The summed E-state index contributed by atoms with van der Waals surface area (Å²) < 4.78 is 6.12. The third-order valence-electron chi connectivity index (χ3n) is 3.34. The van der Waals surface area contributed by atoms with Gasteiger partial charge in [0.2, 0.25) is 0 Å². The van der Waals surface area contributed by atoms with Crippen molar-refractivity contribution in [1.29, 1.82) is 0 Å². The highest BCUT2D eigenvalue weighted by atomic mass is 32.2. The van der Waals surface area contributed by atoms with Gasteiger partial charge in [0.25, 0.3) is 0 Å². The van der Waals surface area contributed by atoms with Crippen LogP contribution in [0.5, 0.6) is 5.75 Å². The smallest absolute Gasteiger partial charge is 0.335 e. The maximum Gasteiger partial charge on any atom is 0.335 e. The second-order valence-corrected chi connectivity index (χ2v) is 6.48. The van der Waals surface area contributed by atoms with Crippen LogP contribution in [0.25, 0.3) is 0 Å². The number of ether oxygens (including phenoxy) is 1. The zero-order valence-electron chi connectivity index (χ0n) is 11.1. The molecule has 1 aliphatic rings. The Kier molecular flexibility index (Phi) is 3.32. The average molecular weight is 266 g/mol. The fraction of sp³-hybridized carbons (Fsp3) is 0.500. The van der Waals surface area contributed by atoms with Crippen LogP contribution in [0.3, 0.4) is 0 Å². The van der Waals surface area contributed by atoms with E-state index >= 15 is 0 Å². The second kappa shape index (κ2) is 4.50. The number of carbonyl (C=O) groups is 1. The van der Waals surface area contributed by atoms with Gasteiger partial charge in [-0.05, 0) is 18.2 Å². The van der Waals surface area contributed by atoms with Gasteiger partial charge in [-0.2, -0.15) is 0 Å². The van der Waals surface area contributed by atoms with Gasteiger partial charge < -0.3 is 9.84 Å². The zero-order chi connectivity index (χ0) is 13.5. The molecule has 3 nitrogen and oxygen atoms in total. The molecule has 0 saturated carbocycles. The molecule has 18 heavy (non-hydrogen) atoms. The first kappa shape index (κ1) is 13.3. The number of fused-ring (bicyclic) bond motifs is 1. The van der Waals surface area contributed by atoms with Gasteiger partial charge in [0, 0.05) is 11.8 Å². The maximum atomic E-state index is 11.0. The minimum absolute atomic E-state index is 0.292. The SMILES string of the molecule is CC(C)C1(C(C)C)Oc2ccc(C(=O)O)cc2S1. The lowest BCUT2D eigenvalue weighted by Gasteiger charge is -2.35. The lowest BCUT2D eigenvalue weighted by molar-refractivity contribution is 0.0695. The number of benzene rings is 1. The molecule has 1 aliphatic heterocycles. The Labute approximate surface area is 112 Å². The standard InChI is InChI=1S/C14H18O3S/c1-8(2)14(9(3)4)17-11-6-5-10(13(15)16)7-12(11)18-14/h5-9H,1-4H3,(H,15,16). The van der Waals surface area contributed by atoms with Crippen LogP contribution in [-0.2, 0) is 0 Å². The van der Waals surface area contributed by atoms with Gasteiger partial charge in [-0.1, -0.05) is 39.5 Å². The summed E-state index contributed by atoms with van der Waals surface area (Å²) in [6, 6.07) is 5.06. The lowest BCUT2D eigenvalue weighted by Crippen LogP contribution is -2.40. The van der Waals surface area contributed by atoms with Crippen LogP contribution >= 0.6 is 11.8 Å². The van der Waals surface area contributed by atoms with E-state index in [-0.39, 0.29) is 4.93 Å². The number of rotatable bonds is 3. The summed E-state index contributed by atoms with van der Waals surface area (Å²) >= 11 is 1.65. The summed E-state index contributed by atoms with van der Waals surface area (Å²) in [6.07, 6.45) is 0. The molecule has 1 N–H and O–H groups in total. The Morgan fingerprint density at radius 1 is 1.28 bits per heavy atom. The number of carboxylic acids is 1. The van der Waals surface area contributed by atoms with Crippen LogP contribution in [0.15, 0.2) is 23.1 Å². The molecule has 98 valence electrons. The Morgan fingerprint density at radius 2 is 1.89 bits per heavy atom. The molecule has 2 rings (SSSR count). The first-order valence-electron chi connectivity index (χ1n) is 6.12. The molecule has 0 saturated heterocycles. The van der Waals surface area contributed by atoms with Crippen molar-refractivity contribution in [2.24, 2.45) is 11.8 Å². The fourth-order valence-corrected chi connectivity index (χ4v) is 3.65.